The van der Waals surface area contributed by atoms with Crippen LogP contribution in [-0.4, -0.2) is 26.1 Å². The third-order valence-electron chi connectivity index (χ3n) is 2.68. The van der Waals surface area contributed by atoms with Gasteiger partial charge in [-0.25, -0.2) is 8.42 Å². The lowest BCUT2D eigenvalue weighted by Gasteiger charge is -2.19. The molecule has 0 unspecified atom stereocenters. The molecule has 1 aromatic rings. The molecule has 0 spiro atoms. The van der Waals surface area contributed by atoms with Crippen molar-refractivity contribution >= 4 is 38.9 Å². The number of hydrogen-bond donors (Lipinski definition) is 1. The standard InChI is InChI=1S/C11H13ClN2O3S/c12-8-18(16,17)13-9-4-1-2-5-10(9)14-7-3-6-11(14)15/h1-2,4-5,13H,3,6-8H2. The van der Waals surface area contributed by atoms with Gasteiger partial charge in [0.05, 0.1) is 11.4 Å². The highest BCUT2D eigenvalue weighted by Gasteiger charge is 2.24. The molecular formula is C11H13ClN2O3S. The summed E-state index contributed by atoms with van der Waals surface area (Å²) in [4.78, 5) is 13.3. The zero-order valence-electron chi connectivity index (χ0n) is 9.60. The predicted molar refractivity (Wildman–Crippen MR) is 71.3 cm³/mol. The fourth-order valence-corrected chi connectivity index (χ4v) is 2.62. The Kier molecular flexibility index (Phi) is 3.77. The predicted octanol–water partition coefficient (Wildman–Crippen LogP) is 1.75. The number of sulfonamides is 1. The number of nitrogens with zero attached hydrogens (tertiary/aromatic N) is 1. The lowest BCUT2D eigenvalue weighted by molar-refractivity contribution is -0.117. The molecule has 0 aromatic heterocycles. The summed E-state index contributed by atoms with van der Waals surface area (Å²) in [7, 11) is -3.56. The highest BCUT2D eigenvalue weighted by molar-refractivity contribution is 7.93. The number of nitrogens with one attached hydrogen (secondary N) is 1. The number of amides is 1. The molecular weight excluding hydrogens is 276 g/mol. The van der Waals surface area contributed by atoms with Crippen LogP contribution in [0.25, 0.3) is 0 Å². The van der Waals surface area contributed by atoms with Crippen molar-refractivity contribution in [2.24, 2.45) is 0 Å². The van der Waals surface area contributed by atoms with Gasteiger partial charge in [0.25, 0.3) is 0 Å². The largest absolute Gasteiger partial charge is 0.310 e. The monoisotopic (exact) mass is 288 g/mol. The van der Waals surface area contributed by atoms with E-state index in [1.54, 1.807) is 29.2 Å². The maximum Gasteiger partial charge on any atom is 0.246 e. The molecule has 2 rings (SSSR count). The first kappa shape index (κ1) is 13.2. The number of anilines is 2. The molecule has 1 amide bonds. The van der Waals surface area contributed by atoms with Crippen molar-refractivity contribution in [3.05, 3.63) is 24.3 Å². The topological polar surface area (TPSA) is 66.5 Å². The highest BCUT2D eigenvalue weighted by atomic mass is 35.5. The maximum atomic E-state index is 11.7. The van der Waals surface area contributed by atoms with E-state index >= 15 is 0 Å². The SMILES string of the molecule is O=C1CCCN1c1ccccc1NS(=O)(=O)CCl. The number of hydrogen-bond acceptors (Lipinski definition) is 3. The minimum absolute atomic E-state index is 0.00696. The van der Waals surface area contributed by atoms with Crippen LogP contribution < -0.4 is 9.62 Å². The Hall–Kier alpha value is -1.27. The number of rotatable bonds is 4. The van der Waals surface area contributed by atoms with Crippen LogP contribution >= 0.6 is 11.6 Å². The molecule has 1 heterocycles. The second kappa shape index (κ2) is 5.16. The van der Waals surface area contributed by atoms with Crippen LogP contribution in [0, 0.1) is 0 Å². The van der Waals surface area contributed by atoms with Gasteiger partial charge in [-0.05, 0) is 18.6 Å². The molecule has 1 saturated heterocycles. The normalized spacial score (nSPS) is 16.1. The van der Waals surface area contributed by atoms with Gasteiger partial charge < -0.3 is 4.90 Å². The van der Waals surface area contributed by atoms with Gasteiger partial charge in [0.15, 0.2) is 0 Å². The Balaban J connectivity index is 2.34. The molecule has 5 nitrogen and oxygen atoms in total. The molecule has 1 aliphatic rings. The molecule has 0 atom stereocenters. The third kappa shape index (κ3) is 2.76. The average molecular weight is 289 g/mol. The number of para-hydroxylation sites is 2. The van der Waals surface area contributed by atoms with Gasteiger partial charge in [-0.15, -0.1) is 11.6 Å². The first-order valence-electron chi connectivity index (χ1n) is 5.49. The smallest absolute Gasteiger partial charge is 0.246 e. The Bertz CT molecular complexity index is 559. The number of benzene rings is 1. The molecule has 18 heavy (non-hydrogen) atoms. The summed E-state index contributed by atoms with van der Waals surface area (Å²) in [5.74, 6) is 0.00696. The lowest BCUT2D eigenvalue weighted by atomic mass is 10.2. The molecule has 1 fully saturated rings. The van der Waals surface area contributed by atoms with E-state index in [0.717, 1.165) is 6.42 Å². The third-order valence-corrected chi connectivity index (χ3v) is 4.36. The van der Waals surface area contributed by atoms with Crippen molar-refractivity contribution in [3.8, 4) is 0 Å². The maximum absolute atomic E-state index is 11.7. The van der Waals surface area contributed by atoms with Crippen LogP contribution in [0.1, 0.15) is 12.8 Å². The van der Waals surface area contributed by atoms with Crippen molar-refractivity contribution in [2.75, 3.05) is 21.4 Å². The highest BCUT2D eigenvalue weighted by Crippen LogP contribution is 2.30. The van der Waals surface area contributed by atoms with Gasteiger partial charge in [-0.1, -0.05) is 12.1 Å². The fourth-order valence-electron chi connectivity index (χ4n) is 1.89. The molecule has 1 N–H and O–H groups in total. The van der Waals surface area contributed by atoms with E-state index in [0.29, 0.717) is 24.3 Å². The van der Waals surface area contributed by atoms with Crippen LogP contribution in [-0.2, 0) is 14.8 Å². The number of alkyl halides is 1. The Labute approximate surface area is 111 Å². The number of halogens is 1. The minimum Gasteiger partial charge on any atom is -0.310 e. The van der Waals surface area contributed by atoms with E-state index in [1.165, 1.54) is 0 Å². The van der Waals surface area contributed by atoms with E-state index in [-0.39, 0.29) is 5.91 Å². The molecule has 1 aromatic carbocycles. The van der Waals surface area contributed by atoms with Crippen molar-refractivity contribution in [2.45, 2.75) is 12.8 Å². The van der Waals surface area contributed by atoms with Gasteiger partial charge in [0.2, 0.25) is 15.9 Å². The summed E-state index contributed by atoms with van der Waals surface area (Å²) in [5, 5.41) is -0.519. The molecule has 98 valence electrons. The van der Waals surface area contributed by atoms with Gasteiger partial charge in [0, 0.05) is 13.0 Å². The van der Waals surface area contributed by atoms with Gasteiger partial charge in [-0.2, -0.15) is 0 Å². The van der Waals surface area contributed by atoms with E-state index in [4.69, 9.17) is 11.6 Å². The van der Waals surface area contributed by atoms with Gasteiger partial charge >= 0.3 is 0 Å². The zero-order valence-corrected chi connectivity index (χ0v) is 11.2. The van der Waals surface area contributed by atoms with Crippen molar-refractivity contribution < 1.29 is 13.2 Å². The Morgan fingerprint density at radius 2 is 2.06 bits per heavy atom. The Morgan fingerprint density at radius 1 is 1.33 bits per heavy atom. The molecule has 0 aliphatic carbocycles. The van der Waals surface area contributed by atoms with E-state index < -0.39 is 15.2 Å². The fraction of sp³-hybridized carbons (Fsp3) is 0.364. The molecule has 0 radical (unpaired) electrons. The average Bonchev–Trinajstić information content (AvgIpc) is 2.76. The van der Waals surface area contributed by atoms with Crippen LogP contribution in [0.4, 0.5) is 11.4 Å². The summed E-state index contributed by atoms with van der Waals surface area (Å²) in [6.45, 7) is 0.610. The first-order valence-corrected chi connectivity index (χ1v) is 7.68. The summed E-state index contributed by atoms with van der Waals surface area (Å²) in [6, 6.07) is 6.80. The minimum atomic E-state index is -3.56. The van der Waals surface area contributed by atoms with Gasteiger partial charge in [-0.3, -0.25) is 9.52 Å². The van der Waals surface area contributed by atoms with E-state index in [9.17, 15) is 13.2 Å². The van der Waals surface area contributed by atoms with E-state index in [2.05, 4.69) is 4.72 Å². The summed E-state index contributed by atoms with van der Waals surface area (Å²) < 4.78 is 25.3. The molecule has 0 saturated carbocycles. The second-order valence-electron chi connectivity index (χ2n) is 3.99. The van der Waals surface area contributed by atoms with Crippen molar-refractivity contribution in [1.29, 1.82) is 0 Å². The van der Waals surface area contributed by atoms with Crippen LogP contribution in [0.3, 0.4) is 0 Å². The van der Waals surface area contributed by atoms with Gasteiger partial charge in [0.1, 0.15) is 5.21 Å². The van der Waals surface area contributed by atoms with Crippen molar-refractivity contribution in [3.63, 3.8) is 0 Å². The summed E-state index contributed by atoms with van der Waals surface area (Å²) in [6.07, 6.45) is 1.28. The van der Waals surface area contributed by atoms with Crippen LogP contribution in [0.5, 0.6) is 0 Å². The number of carbonyl (C=O) groups is 1. The zero-order chi connectivity index (χ0) is 13.2. The van der Waals surface area contributed by atoms with E-state index in [1.807, 2.05) is 0 Å². The molecule has 1 aliphatic heterocycles. The summed E-state index contributed by atoms with van der Waals surface area (Å²) >= 11 is 5.35. The molecule has 7 heteroatoms. The van der Waals surface area contributed by atoms with Crippen LogP contribution in [0.15, 0.2) is 24.3 Å². The second-order valence-corrected chi connectivity index (χ2v) is 6.30. The van der Waals surface area contributed by atoms with Crippen LogP contribution in [0.2, 0.25) is 0 Å². The molecule has 0 bridgehead atoms. The number of carbonyl (C=O) groups excluding carboxylic acids is 1. The Morgan fingerprint density at radius 3 is 2.67 bits per heavy atom. The summed E-state index contributed by atoms with van der Waals surface area (Å²) in [5.41, 5.74) is 0.960. The quantitative estimate of drug-likeness (QED) is 0.859. The lowest BCUT2D eigenvalue weighted by Crippen LogP contribution is -2.25. The van der Waals surface area contributed by atoms with Crippen molar-refractivity contribution in [1.82, 2.24) is 0 Å². The first-order chi connectivity index (χ1) is 8.53.